The largest absolute Gasteiger partial charge is 0.382 e. The molecule has 3 N–H and O–H groups in total. The summed E-state index contributed by atoms with van der Waals surface area (Å²) in [5.74, 6) is 0.602. The second-order valence-corrected chi connectivity index (χ2v) is 4.82. The third-order valence-corrected chi connectivity index (χ3v) is 4.00. The van der Waals surface area contributed by atoms with Crippen molar-refractivity contribution in [1.29, 1.82) is 0 Å². The van der Waals surface area contributed by atoms with E-state index in [2.05, 4.69) is 14.8 Å². The van der Waals surface area contributed by atoms with Crippen LogP contribution >= 0.6 is 23.3 Å². The van der Waals surface area contributed by atoms with Gasteiger partial charge in [-0.05, 0) is 23.9 Å². The second-order valence-electron chi connectivity index (χ2n) is 3.23. The molecule has 0 bridgehead atoms. The van der Waals surface area contributed by atoms with Gasteiger partial charge < -0.3 is 11.1 Å². The summed E-state index contributed by atoms with van der Waals surface area (Å²) in [4.78, 5) is 1.02. The molecule has 16 heavy (non-hydrogen) atoms. The standard InChI is InChI=1S/C9H13N5S2/c1-14-6(3-4-12-14)5-11-9-7(15-2)8(10)13-16-9/h3-4,11H,5H2,1-2H3,(H2,10,13). The van der Waals surface area contributed by atoms with Gasteiger partial charge in [-0.25, -0.2) is 0 Å². The van der Waals surface area contributed by atoms with Crippen molar-refractivity contribution >= 4 is 34.1 Å². The van der Waals surface area contributed by atoms with E-state index in [0.717, 1.165) is 22.1 Å². The van der Waals surface area contributed by atoms with E-state index in [0.29, 0.717) is 5.82 Å². The Morgan fingerprint density at radius 2 is 2.44 bits per heavy atom. The van der Waals surface area contributed by atoms with Crippen LogP contribution in [0.15, 0.2) is 17.2 Å². The van der Waals surface area contributed by atoms with Gasteiger partial charge in [0.1, 0.15) is 5.00 Å². The summed E-state index contributed by atoms with van der Waals surface area (Å²) < 4.78 is 5.97. The van der Waals surface area contributed by atoms with Crippen molar-refractivity contribution in [1.82, 2.24) is 14.2 Å². The number of nitrogens with two attached hydrogens (primary N) is 1. The van der Waals surface area contributed by atoms with Crippen molar-refractivity contribution in [3.8, 4) is 0 Å². The number of rotatable bonds is 4. The number of nitrogens with zero attached hydrogens (tertiary/aromatic N) is 3. The summed E-state index contributed by atoms with van der Waals surface area (Å²) in [5.41, 5.74) is 6.88. The highest BCUT2D eigenvalue weighted by molar-refractivity contribution is 7.99. The fourth-order valence-electron chi connectivity index (χ4n) is 1.35. The number of aryl methyl sites for hydroxylation is 1. The zero-order valence-electron chi connectivity index (χ0n) is 9.10. The molecule has 7 heteroatoms. The van der Waals surface area contributed by atoms with E-state index in [-0.39, 0.29) is 0 Å². The topological polar surface area (TPSA) is 68.8 Å². The van der Waals surface area contributed by atoms with E-state index in [1.807, 2.05) is 24.1 Å². The van der Waals surface area contributed by atoms with Gasteiger partial charge in [0, 0.05) is 13.2 Å². The molecule has 2 aromatic heterocycles. The summed E-state index contributed by atoms with van der Waals surface area (Å²) in [6.45, 7) is 0.728. The minimum absolute atomic E-state index is 0.602. The van der Waals surface area contributed by atoms with Crippen LogP contribution in [0.3, 0.4) is 0 Å². The Hall–Kier alpha value is -1.21. The number of nitrogen functional groups attached to an aromatic ring is 1. The van der Waals surface area contributed by atoms with Crippen LogP contribution < -0.4 is 11.1 Å². The predicted octanol–water partition coefficient (Wildman–Crippen LogP) is 1.79. The van der Waals surface area contributed by atoms with E-state index < -0.39 is 0 Å². The smallest absolute Gasteiger partial charge is 0.153 e. The van der Waals surface area contributed by atoms with E-state index in [4.69, 9.17) is 5.73 Å². The van der Waals surface area contributed by atoms with Crippen molar-refractivity contribution in [3.63, 3.8) is 0 Å². The Morgan fingerprint density at radius 3 is 3.06 bits per heavy atom. The van der Waals surface area contributed by atoms with Crippen molar-refractivity contribution in [2.24, 2.45) is 7.05 Å². The minimum Gasteiger partial charge on any atom is -0.382 e. The fraction of sp³-hybridized carbons (Fsp3) is 0.333. The zero-order valence-corrected chi connectivity index (χ0v) is 10.7. The molecule has 0 aliphatic rings. The molecule has 0 fully saturated rings. The molecule has 0 atom stereocenters. The molecule has 0 aromatic carbocycles. The fourth-order valence-corrected chi connectivity index (χ4v) is 2.89. The molecule has 0 aliphatic carbocycles. The van der Waals surface area contributed by atoms with E-state index in [1.54, 1.807) is 18.0 Å². The van der Waals surface area contributed by atoms with Crippen LogP contribution in [0, 0.1) is 0 Å². The van der Waals surface area contributed by atoms with E-state index >= 15 is 0 Å². The van der Waals surface area contributed by atoms with Crippen molar-refractivity contribution in [3.05, 3.63) is 18.0 Å². The second kappa shape index (κ2) is 4.75. The minimum atomic E-state index is 0.602. The van der Waals surface area contributed by atoms with E-state index in [1.165, 1.54) is 11.5 Å². The highest BCUT2D eigenvalue weighted by Crippen LogP contribution is 2.34. The first-order valence-corrected chi connectivity index (χ1v) is 6.72. The van der Waals surface area contributed by atoms with Crippen LogP contribution in [-0.2, 0) is 13.6 Å². The normalized spacial score (nSPS) is 10.6. The molecule has 0 amide bonds. The van der Waals surface area contributed by atoms with Gasteiger partial charge in [-0.2, -0.15) is 9.47 Å². The highest BCUT2D eigenvalue weighted by atomic mass is 32.2. The number of hydrogen-bond acceptors (Lipinski definition) is 6. The van der Waals surface area contributed by atoms with Crippen molar-refractivity contribution < 1.29 is 0 Å². The van der Waals surface area contributed by atoms with Gasteiger partial charge in [-0.15, -0.1) is 11.8 Å². The monoisotopic (exact) mass is 255 g/mol. The molecular weight excluding hydrogens is 242 g/mol. The van der Waals surface area contributed by atoms with E-state index in [9.17, 15) is 0 Å². The average Bonchev–Trinajstić information content (AvgIpc) is 2.82. The lowest BCUT2D eigenvalue weighted by Gasteiger charge is -2.05. The summed E-state index contributed by atoms with van der Waals surface area (Å²) in [7, 11) is 1.92. The van der Waals surface area contributed by atoms with Gasteiger partial charge in [0.25, 0.3) is 0 Å². The molecule has 0 aliphatic heterocycles. The summed E-state index contributed by atoms with van der Waals surface area (Å²) in [5, 5.41) is 8.45. The number of anilines is 2. The molecule has 5 nitrogen and oxygen atoms in total. The summed E-state index contributed by atoms with van der Waals surface area (Å²) >= 11 is 3.00. The molecule has 86 valence electrons. The van der Waals surface area contributed by atoms with Crippen LogP contribution in [0.1, 0.15) is 5.69 Å². The first-order valence-electron chi connectivity index (χ1n) is 4.72. The quantitative estimate of drug-likeness (QED) is 0.815. The Kier molecular flexibility index (Phi) is 3.35. The molecule has 2 heterocycles. The van der Waals surface area contributed by atoms with Crippen LogP contribution in [0.25, 0.3) is 0 Å². The van der Waals surface area contributed by atoms with Gasteiger partial charge in [-0.1, -0.05) is 0 Å². The number of thioether (sulfide) groups is 1. The lowest BCUT2D eigenvalue weighted by molar-refractivity contribution is 0.720. The molecule has 2 aromatic rings. The number of hydrogen-bond donors (Lipinski definition) is 2. The third-order valence-electron chi connectivity index (χ3n) is 2.23. The van der Waals surface area contributed by atoms with Crippen molar-refractivity contribution in [2.45, 2.75) is 11.4 Å². The van der Waals surface area contributed by atoms with Crippen LogP contribution in [-0.4, -0.2) is 20.4 Å². The molecule has 0 radical (unpaired) electrons. The third kappa shape index (κ3) is 2.14. The maximum atomic E-state index is 5.75. The van der Waals surface area contributed by atoms with Gasteiger partial charge in [0.15, 0.2) is 5.82 Å². The highest BCUT2D eigenvalue weighted by Gasteiger charge is 2.10. The Morgan fingerprint density at radius 1 is 1.62 bits per heavy atom. The first-order chi connectivity index (χ1) is 7.72. The van der Waals surface area contributed by atoms with Crippen LogP contribution in [0.4, 0.5) is 10.8 Å². The predicted molar refractivity (Wildman–Crippen MR) is 68.8 cm³/mol. The lowest BCUT2D eigenvalue weighted by Crippen LogP contribution is -2.05. The Balaban J connectivity index is 2.07. The Bertz CT molecular complexity index is 476. The summed E-state index contributed by atoms with van der Waals surface area (Å²) in [6.07, 6.45) is 3.78. The molecular formula is C9H13N5S2. The van der Waals surface area contributed by atoms with Crippen LogP contribution in [0.2, 0.25) is 0 Å². The van der Waals surface area contributed by atoms with Crippen LogP contribution in [0.5, 0.6) is 0 Å². The first kappa shape index (κ1) is 11.3. The molecule has 0 unspecified atom stereocenters. The molecule has 0 saturated heterocycles. The number of nitrogens with one attached hydrogen (secondary N) is 1. The molecule has 0 saturated carbocycles. The zero-order chi connectivity index (χ0) is 11.5. The summed E-state index contributed by atoms with van der Waals surface area (Å²) in [6, 6.07) is 1.98. The SMILES string of the molecule is CSc1c(N)nsc1NCc1ccnn1C. The number of aromatic nitrogens is 3. The molecule has 0 spiro atoms. The lowest BCUT2D eigenvalue weighted by atomic mass is 10.4. The average molecular weight is 255 g/mol. The molecule has 2 rings (SSSR count). The maximum absolute atomic E-state index is 5.75. The maximum Gasteiger partial charge on any atom is 0.153 e. The van der Waals surface area contributed by atoms with Crippen molar-refractivity contribution in [2.75, 3.05) is 17.3 Å². The van der Waals surface area contributed by atoms with Gasteiger partial charge >= 0.3 is 0 Å². The van der Waals surface area contributed by atoms with Gasteiger partial charge in [0.2, 0.25) is 0 Å². The van der Waals surface area contributed by atoms with Gasteiger partial charge in [0.05, 0.1) is 17.1 Å². The van der Waals surface area contributed by atoms with Gasteiger partial charge in [-0.3, -0.25) is 4.68 Å². The Labute approximate surface area is 102 Å².